The SMILES string of the molecule is Cc1nc(Cl)sc1S(=O)(=O)NCC(O)c1ccsc1. The largest absolute Gasteiger partial charge is 0.387 e. The minimum atomic E-state index is -3.69. The van der Waals surface area contributed by atoms with Gasteiger partial charge in [-0.3, -0.25) is 0 Å². The summed E-state index contributed by atoms with van der Waals surface area (Å²) in [6, 6.07) is 1.75. The van der Waals surface area contributed by atoms with Crippen molar-refractivity contribution in [2.24, 2.45) is 0 Å². The molecule has 0 aliphatic rings. The molecule has 9 heteroatoms. The number of aromatic nitrogens is 1. The monoisotopic (exact) mass is 338 g/mol. The van der Waals surface area contributed by atoms with Crippen LogP contribution in [0.4, 0.5) is 0 Å². The van der Waals surface area contributed by atoms with Gasteiger partial charge in [0.05, 0.1) is 11.8 Å². The van der Waals surface area contributed by atoms with E-state index in [4.69, 9.17) is 11.6 Å². The number of nitrogens with zero attached hydrogens (tertiary/aromatic N) is 1. The Hall–Kier alpha value is -0.510. The van der Waals surface area contributed by atoms with Gasteiger partial charge in [-0.1, -0.05) is 22.9 Å². The van der Waals surface area contributed by atoms with Crippen LogP contribution in [0.1, 0.15) is 17.4 Å². The van der Waals surface area contributed by atoms with Gasteiger partial charge in [0.15, 0.2) is 8.68 Å². The fourth-order valence-electron chi connectivity index (χ4n) is 1.44. The van der Waals surface area contributed by atoms with Gasteiger partial charge in [-0.25, -0.2) is 18.1 Å². The lowest BCUT2D eigenvalue weighted by molar-refractivity contribution is 0.182. The highest BCUT2D eigenvalue weighted by atomic mass is 35.5. The summed E-state index contributed by atoms with van der Waals surface area (Å²) in [4.78, 5) is 3.86. The number of thiophene rings is 1. The molecule has 2 aromatic heterocycles. The Morgan fingerprint density at radius 1 is 1.58 bits per heavy atom. The number of rotatable bonds is 5. The van der Waals surface area contributed by atoms with Crippen LogP contribution in [-0.4, -0.2) is 25.1 Å². The summed E-state index contributed by atoms with van der Waals surface area (Å²) in [6.07, 6.45) is -0.871. The van der Waals surface area contributed by atoms with Crippen LogP contribution in [0.25, 0.3) is 0 Å². The van der Waals surface area contributed by atoms with Crippen molar-refractivity contribution in [2.45, 2.75) is 17.2 Å². The second-order valence-electron chi connectivity index (χ2n) is 3.76. The molecule has 0 aromatic carbocycles. The number of hydrogen-bond acceptors (Lipinski definition) is 6. The highest BCUT2D eigenvalue weighted by Crippen LogP contribution is 2.26. The van der Waals surface area contributed by atoms with E-state index in [1.165, 1.54) is 11.3 Å². The Balaban J connectivity index is 2.08. The molecule has 1 atom stereocenters. The number of thiazole rings is 1. The van der Waals surface area contributed by atoms with E-state index in [-0.39, 0.29) is 15.2 Å². The molecule has 2 N–H and O–H groups in total. The van der Waals surface area contributed by atoms with Crippen LogP contribution in [0.3, 0.4) is 0 Å². The van der Waals surface area contributed by atoms with Crippen molar-refractivity contribution in [3.05, 3.63) is 32.6 Å². The summed E-state index contributed by atoms with van der Waals surface area (Å²) in [5, 5.41) is 13.4. The summed E-state index contributed by atoms with van der Waals surface area (Å²) in [7, 11) is -3.69. The first-order chi connectivity index (χ1) is 8.90. The second kappa shape index (κ2) is 5.86. The maximum absolute atomic E-state index is 12.0. The van der Waals surface area contributed by atoms with Gasteiger partial charge in [0.2, 0.25) is 0 Å². The number of hydrogen-bond donors (Lipinski definition) is 2. The van der Waals surface area contributed by atoms with Crippen molar-refractivity contribution in [1.29, 1.82) is 0 Å². The fourth-order valence-corrected chi connectivity index (χ4v) is 4.96. The summed E-state index contributed by atoms with van der Waals surface area (Å²) < 4.78 is 26.7. The van der Waals surface area contributed by atoms with Crippen molar-refractivity contribution < 1.29 is 13.5 Å². The van der Waals surface area contributed by atoms with E-state index in [0.29, 0.717) is 11.3 Å². The third kappa shape index (κ3) is 3.53. The third-order valence-corrected chi connectivity index (χ3v) is 6.36. The van der Waals surface area contributed by atoms with Crippen molar-refractivity contribution >= 4 is 44.3 Å². The molecule has 0 spiro atoms. The van der Waals surface area contributed by atoms with Gasteiger partial charge in [-0.15, -0.1) is 0 Å². The van der Waals surface area contributed by atoms with Crippen LogP contribution in [0.2, 0.25) is 4.47 Å². The smallest absolute Gasteiger partial charge is 0.252 e. The maximum Gasteiger partial charge on any atom is 0.252 e. The molecule has 0 bridgehead atoms. The molecular weight excluding hydrogens is 328 g/mol. The van der Waals surface area contributed by atoms with Crippen LogP contribution in [0.15, 0.2) is 21.0 Å². The zero-order valence-electron chi connectivity index (χ0n) is 9.83. The third-order valence-electron chi connectivity index (χ3n) is 2.37. The summed E-state index contributed by atoms with van der Waals surface area (Å²) in [5.41, 5.74) is 1.04. The molecule has 0 fully saturated rings. The topological polar surface area (TPSA) is 79.3 Å². The first kappa shape index (κ1) is 14.9. The fraction of sp³-hybridized carbons (Fsp3) is 0.300. The summed E-state index contributed by atoms with van der Waals surface area (Å²) >= 11 is 8.02. The van der Waals surface area contributed by atoms with Gasteiger partial charge in [0, 0.05) is 6.54 Å². The molecule has 0 saturated heterocycles. The van der Waals surface area contributed by atoms with Crippen molar-refractivity contribution in [1.82, 2.24) is 9.71 Å². The zero-order valence-corrected chi connectivity index (χ0v) is 13.0. The van der Waals surface area contributed by atoms with Crippen LogP contribution in [0, 0.1) is 6.92 Å². The Morgan fingerprint density at radius 3 is 2.84 bits per heavy atom. The van der Waals surface area contributed by atoms with Gasteiger partial charge in [0.1, 0.15) is 0 Å². The van der Waals surface area contributed by atoms with Crippen LogP contribution in [0.5, 0.6) is 0 Å². The molecule has 2 heterocycles. The van der Waals surface area contributed by atoms with Gasteiger partial charge in [-0.2, -0.15) is 11.3 Å². The van der Waals surface area contributed by atoms with E-state index >= 15 is 0 Å². The highest BCUT2D eigenvalue weighted by molar-refractivity contribution is 7.91. The Morgan fingerprint density at radius 2 is 2.32 bits per heavy atom. The zero-order chi connectivity index (χ0) is 14.0. The normalized spacial score (nSPS) is 13.6. The van der Waals surface area contributed by atoms with E-state index in [2.05, 4.69) is 9.71 Å². The van der Waals surface area contributed by atoms with Gasteiger partial charge < -0.3 is 5.11 Å². The minimum Gasteiger partial charge on any atom is -0.387 e. The molecule has 2 aromatic rings. The Labute approximate surface area is 123 Å². The highest BCUT2D eigenvalue weighted by Gasteiger charge is 2.22. The number of aliphatic hydroxyl groups is 1. The van der Waals surface area contributed by atoms with Crippen LogP contribution in [-0.2, 0) is 10.0 Å². The number of nitrogens with one attached hydrogen (secondary N) is 1. The summed E-state index contributed by atoms with van der Waals surface area (Å²) in [6.45, 7) is 1.49. The average molecular weight is 339 g/mol. The molecule has 5 nitrogen and oxygen atoms in total. The molecule has 104 valence electrons. The molecule has 0 amide bonds. The molecule has 19 heavy (non-hydrogen) atoms. The molecular formula is C10H11ClN2O3S3. The first-order valence-electron chi connectivity index (χ1n) is 5.23. The molecule has 1 unspecified atom stereocenters. The lowest BCUT2D eigenvalue weighted by atomic mass is 10.2. The minimum absolute atomic E-state index is 0.0787. The lowest BCUT2D eigenvalue weighted by Gasteiger charge is -2.10. The van der Waals surface area contributed by atoms with E-state index in [0.717, 1.165) is 11.3 Å². The second-order valence-corrected chi connectivity index (χ2v) is 8.09. The average Bonchev–Trinajstić information content (AvgIpc) is 2.96. The van der Waals surface area contributed by atoms with Crippen LogP contribution < -0.4 is 4.72 Å². The molecule has 0 saturated carbocycles. The number of sulfonamides is 1. The number of aliphatic hydroxyl groups excluding tert-OH is 1. The van der Waals surface area contributed by atoms with Gasteiger partial charge in [0.25, 0.3) is 10.0 Å². The predicted octanol–water partition coefficient (Wildman–Crippen LogP) is 2.18. The standard InChI is InChI=1S/C10H11ClN2O3S3/c1-6-9(18-10(11)13-6)19(15,16)12-4-8(14)7-2-3-17-5-7/h2-3,5,8,12,14H,4H2,1H3. The van der Waals surface area contributed by atoms with Gasteiger partial charge in [-0.05, 0) is 29.3 Å². The first-order valence-corrected chi connectivity index (χ1v) is 8.85. The molecule has 0 radical (unpaired) electrons. The van der Waals surface area contributed by atoms with Crippen molar-refractivity contribution in [2.75, 3.05) is 6.54 Å². The Bertz CT molecular complexity index is 652. The van der Waals surface area contributed by atoms with Gasteiger partial charge >= 0.3 is 0 Å². The van der Waals surface area contributed by atoms with E-state index in [9.17, 15) is 13.5 Å². The van der Waals surface area contributed by atoms with Crippen molar-refractivity contribution in [3.8, 4) is 0 Å². The van der Waals surface area contributed by atoms with E-state index in [1.807, 2.05) is 5.38 Å². The molecule has 2 rings (SSSR count). The summed E-state index contributed by atoms with van der Waals surface area (Å²) in [5.74, 6) is 0. The molecule has 0 aliphatic carbocycles. The van der Waals surface area contributed by atoms with E-state index in [1.54, 1.807) is 18.4 Å². The lowest BCUT2D eigenvalue weighted by Crippen LogP contribution is -2.28. The van der Waals surface area contributed by atoms with Crippen LogP contribution >= 0.6 is 34.3 Å². The molecule has 0 aliphatic heterocycles. The van der Waals surface area contributed by atoms with E-state index < -0.39 is 16.1 Å². The number of halogens is 1. The Kier molecular flexibility index (Phi) is 4.59. The van der Waals surface area contributed by atoms with Crippen molar-refractivity contribution in [3.63, 3.8) is 0 Å². The number of aryl methyl sites for hydroxylation is 1. The quantitative estimate of drug-likeness (QED) is 0.875. The maximum atomic E-state index is 12.0. The predicted molar refractivity (Wildman–Crippen MR) is 76.3 cm³/mol.